The molecule has 0 spiro atoms. The lowest BCUT2D eigenvalue weighted by Crippen LogP contribution is -2.07. The molecule has 0 radical (unpaired) electrons. The Hall–Kier alpha value is -2.66. The van der Waals surface area contributed by atoms with Crippen LogP contribution in [-0.4, -0.2) is 22.9 Å². The summed E-state index contributed by atoms with van der Waals surface area (Å²) in [5.74, 6) is 0.524. The quantitative estimate of drug-likeness (QED) is 0.190. The lowest BCUT2D eigenvalue weighted by Gasteiger charge is -2.05. The predicted molar refractivity (Wildman–Crippen MR) is 129 cm³/mol. The number of benzene rings is 3. The molecule has 0 atom stereocenters. The van der Waals surface area contributed by atoms with E-state index < -0.39 is 10.5 Å². The molecule has 0 fully saturated rings. The summed E-state index contributed by atoms with van der Waals surface area (Å²) in [6, 6.07) is 19.8. The van der Waals surface area contributed by atoms with Gasteiger partial charge in [0.25, 0.3) is 10.5 Å². The van der Waals surface area contributed by atoms with E-state index >= 15 is 0 Å². The van der Waals surface area contributed by atoms with Gasteiger partial charge in [-0.1, -0.05) is 43.1 Å². The highest BCUT2D eigenvalue weighted by molar-refractivity contribution is 6.68. The van der Waals surface area contributed by atoms with Gasteiger partial charge in [0.1, 0.15) is 5.75 Å². The molecule has 0 bridgehead atoms. The second-order valence-electron chi connectivity index (χ2n) is 6.66. The molecule has 3 rings (SSSR count). The smallest absolute Gasteiger partial charge is 0.253 e. The van der Waals surface area contributed by atoms with Gasteiger partial charge in [-0.05, 0) is 84.2 Å². The first-order valence-electron chi connectivity index (χ1n) is 9.85. The molecule has 0 heterocycles. The Bertz CT molecular complexity index is 1060. The fourth-order valence-corrected chi connectivity index (χ4v) is 3.04. The second kappa shape index (κ2) is 13.0. The van der Waals surface area contributed by atoms with Crippen molar-refractivity contribution in [2.45, 2.75) is 19.8 Å². The van der Waals surface area contributed by atoms with Crippen molar-refractivity contribution in [2.24, 2.45) is 0 Å². The summed E-state index contributed by atoms with van der Waals surface area (Å²) in [7, 11) is 0. The standard InChI is InChI=1S/C14H8Cl2O2.C11H13ClO2/c15-10-7-5-9(6-8-10)13(17)11-3-1-2-4-12(11)14(16)18;1-2-3-8-14-10-6-4-9(5-7-10)11(12)13/h1-8H;4-7H,2-3,8H2,1H3. The van der Waals surface area contributed by atoms with E-state index in [0.29, 0.717) is 28.3 Å². The van der Waals surface area contributed by atoms with E-state index in [2.05, 4.69) is 6.92 Å². The molecule has 0 aliphatic carbocycles. The number of rotatable bonds is 8. The van der Waals surface area contributed by atoms with Crippen molar-refractivity contribution in [3.63, 3.8) is 0 Å². The zero-order chi connectivity index (χ0) is 23.5. The molecule has 7 heteroatoms. The van der Waals surface area contributed by atoms with E-state index in [1.165, 1.54) is 6.07 Å². The van der Waals surface area contributed by atoms with Crippen molar-refractivity contribution >= 4 is 51.1 Å². The number of hydrogen-bond donors (Lipinski definition) is 0. The Morgan fingerprint density at radius 2 is 1.31 bits per heavy atom. The normalized spacial score (nSPS) is 10.0. The maximum Gasteiger partial charge on any atom is 0.253 e. The topological polar surface area (TPSA) is 60.4 Å². The minimum absolute atomic E-state index is 0.208. The van der Waals surface area contributed by atoms with Gasteiger partial charge < -0.3 is 4.74 Å². The molecular weight excluding hydrogens is 471 g/mol. The molecule has 0 aliphatic rings. The van der Waals surface area contributed by atoms with E-state index in [9.17, 15) is 14.4 Å². The number of carbonyl (C=O) groups excluding carboxylic acids is 3. The maximum absolute atomic E-state index is 12.2. The minimum atomic E-state index is -0.645. The lowest BCUT2D eigenvalue weighted by atomic mass is 9.99. The first-order chi connectivity index (χ1) is 15.3. The fourth-order valence-electron chi connectivity index (χ4n) is 2.63. The number of ether oxygens (including phenoxy) is 1. The van der Waals surface area contributed by atoms with Crippen LogP contribution in [0.4, 0.5) is 0 Å². The van der Waals surface area contributed by atoms with Gasteiger partial charge in [-0.3, -0.25) is 14.4 Å². The SMILES string of the molecule is CCCCOc1ccc(C(=O)Cl)cc1.O=C(Cl)c1ccccc1C(=O)c1ccc(Cl)cc1. The third-order valence-corrected chi connectivity index (χ3v) is 5.01. The summed E-state index contributed by atoms with van der Waals surface area (Å²) >= 11 is 16.5. The zero-order valence-electron chi connectivity index (χ0n) is 17.3. The summed E-state index contributed by atoms with van der Waals surface area (Å²) in [6.07, 6.45) is 2.15. The van der Waals surface area contributed by atoms with Crippen LogP contribution in [0.5, 0.6) is 5.75 Å². The Balaban J connectivity index is 0.000000235. The molecule has 0 unspecified atom stereocenters. The van der Waals surface area contributed by atoms with Gasteiger partial charge in [-0.2, -0.15) is 0 Å². The number of unbranched alkanes of at least 4 members (excludes halogenated alkanes) is 1. The number of ketones is 1. The van der Waals surface area contributed by atoms with Gasteiger partial charge in [0, 0.05) is 27.3 Å². The first-order valence-corrected chi connectivity index (χ1v) is 11.0. The Morgan fingerprint density at radius 1 is 0.750 bits per heavy atom. The first kappa shape index (κ1) is 25.6. The highest BCUT2D eigenvalue weighted by atomic mass is 35.5. The van der Waals surface area contributed by atoms with Crippen LogP contribution in [0.3, 0.4) is 0 Å². The van der Waals surface area contributed by atoms with Crippen LogP contribution >= 0.6 is 34.8 Å². The zero-order valence-corrected chi connectivity index (χ0v) is 19.6. The molecule has 0 aromatic heterocycles. The van der Waals surface area contributed by atoms with Gasteiger partial charge in [0.2, 0.25) is 0 Å². The molecule has 166 valence electrons. The van der Waals surface area contributed by atoms with Crippen LogP contribution in [0.25, 0.3) is 0 Å². The van der Waals surface area contributed by atoms with E-state index in [1.54, 1.807) is 66.7 Å². The highest BCUT2D eigenvalue weighted by Gasteiger charge is 2.16. The molecule has 3 aromatic rings. The fraction of sp³-hybridized carbons (Fsp3) is 0.160. The summed E-state index contributed by atoms with van der Waals surface area (Å²) in [5, 5.41) is -0.536. The summed E-state index contributed by atoms with van der Waals surface area (Å²) in [4.78, 5) is 34.2. The van der Waals surface area contributed by atoms with Crippen LogP contribution in [0, 0.1) is 0 Å². The van der Waals surface area contributed by atoms with Gasteiger partial charge in [0.15, 0.2) is 5.78 Å². The largest absolute Gasteiger partial charge is 0.494 e. The number of hydrogen-bond acceptors (Lipinski definition) is 4. The average molecular weight is 492 g/mol. The van der Waals surface area contributed by atoms with Crippen LogP contribution in [0.15, 0.2) is 72.8 Å². The van der Waals surface area contributed by atoms with E-state index in [4.69, 9.17) is 39.5 Å². The molecule has 32 heavy (non-hydrogen) atoms. The van der Waals surface area contributed by atoms with Crippen LogP contribution < -0.4 is 4.74 Å². The summed E-state index contributed by atoms with van der Waals surface area (Å²) in [6.45, 7) is 2.82. The van der Waals surface area contributed by atoms with Gasteiger partial charge >= 0.3 is 0 Å². The molecular formula is C25H21Cl3O4. The van der Waals surface area contributed by atoms with Crippen LogP contribution in [0.2, 0.25) is 5.02 Å². The Morgan fingerprint density at radius 3 is 1.84 bits per heavy atom. The van der Waals surface area contributed by atoms with Gasteiger partial charge in [-0.25, -0.2) is 0 Å². The second-order valence-corrected chi connectivity index (χ2v) is 7.78. The van der Waals surface area contributed by atoms with Crippen molar-refractivity contribution in [1.82, 2.24) is 0 Å². The molecule has 0 aliphatic heterocycles. The molecule has 0 amide bonds. The Kier molecular flexibility index (Phi) is 10.4. The third-order valence-electron chi connectivity index (χ3n) is 4.34. The number of carbonyl (C=O) groups is 3. The van der Waals surface area contributed by atoms with Crippen molar-refractivity contribution < 1.29 is 19.1 Å². The Labute approximate surface area is 202 Å². The van der Waals surface area contributed by atoms with E-state index in [1.807, 2.05) is 0 Å². The van der Waals surface area contributed by atoms with E-state index in [0.717, 1.165) is 18.6 Å². The van der Waals surface area contributed by atoms with Crippen molar-refractivity contribution in [3.8, 4) is 5.75 Å². The summed E-state index contributed by atoms with van der Waals surface area (Å²) < 4.78 is 5.43. The third kappa shape index (κ3) is 7.79. The minimum Gasteiger partial charge on any atom is -0.494 e. The van der Waals surface area contributed by atoms with Crippen LogP contribution in [0.1, 0.15) is 56.4 Å². The monoisotopic (exact) mass is 490 g/mol. The lowest BCUT2D eigenvalue weighted by molar-refractivity contribution is 0.102. The molecule has 0 N–H and O–H groups in total. The maximum atomic E-state index is 12.2. The van der Waals surface area contributed by atoms with Crippen LogP contribution in [-0.2, 0) is 0 Å². The summed E-state index contributed by atoms with van der Waals surface area (Å²) in [5.41, 5.74) is 1.46. The van der Waals surface area contributed by atoms with Crippen molar-refractivity contribution in [3.05, 3.63) is 100 Å². The van der Waals surface area contributed by atoms with E-state index in [-0.39, 0.29) is 11.3 Å². The predicted octanol–water partition coefficient (Wildman–Crippen LogP) is 7.19. The molecule has 0 saturated carbocycles. The molecule has 0 saturated heterocycles. The average Bonchev–Trinajstić information content (AvgIpc) is 2.80. The van der Waals surface area contributed by atoms with Crippen molar-refractivity contribution in [1.29, 1.82) is 0 Å². The molecule has 4 nitrogen and oxygen atoms in total. The number of halogens is 3. The molecule has 3 aromatic carbocycles. The van der Waals surface area contributed by atoms with Crippen molar-refractivity contribution in [2.75, 3.05) is 6.61 Å². The van der Waals surface area contributed by atoms with Gasteiger partial charge in [-0.15, -0.1) is 0 Å². The van der Waals surface area contributed by atoms with Gasteiger partial charge in [0.05, 0.1) is 6.61 Å². The highest BCUT2D eigenvalue weighted by Crippen LogP contribution is 2.18.